The first-order valence-corrected chi connectivity index (χ1v) is 12.1. The van der Waals surface area contributed by atoms with Crippen LogP contribution in [-0.4, -0.2) is 81.4 Å². The zero-order valence-corrected chi connectivity index (χ0v) is 19.7. The highest BCUT2D eigenvalue weighted by Crippen LogP contribution is 2.18. The van der Waals surface area contributed by atoms with Gasteiger partial charge in [-0.1, -0.05) is 23.0 Å². The van der Waals surface area contributed by atoms with Gasteiger partial charge in [0, 0.05) is 18.3 Å². The lowest BCUT2D eigenvalue weighted by atomic mass is 10.3. The highest BCUT2D eigenvalue weighted by molar-refractivity contribution is 7.98. The molecule has 4 heterocycles. The maximum atomic E-state index is 12.5. The molecule has 0 N–H and O–H groups in total. The summed E-state index contributed by atoms with van der Waals surface area (Å²) in [5.74, 6) is 0.888. The number of oxime groups is 1. The largest absolute Gasteiger partial charge is 0.475 e. The smallest absolute Gasteiger partial charge is 0.263 e. The highest BCUT2D eigenvalue weighted by Gasteiger charge is 2.25. The average Bonchev–Trinajstić information content (AvgIpc) is 3.47. The summed E-state index contributed by atoms with van der Waals surface area (Å²) in [6.07, 6.45) is 1.64. The Morgan fingerprint density at radius 1 is 1.44 bits per heavy atom. The van der Waals surface area contributed by atoms with Crippen LogP contribution in [0.2, 0.25) is 0 Å². The minimum Gasteiger partial charge on any atom is -0.475 e. The molecule has 170 valence electrons. The number of rotatable bonds is 8. The van der Waals surface area contributed by atoms with E-state index in [9.17, 15) is 4.79 Å². The monoisotopic (exact) mass is 476 g/mol. The molecule has 32 heavy (non-hydrogen) atoms. The molecule has 0 spiro atoms. The zero-order valence-electron chi connectivity index (χ0n) is 18.1. The Morgan fingerprint density at radius 3 is 3.09 bits per heavy atom. The number of hydrogen-bond acceptors (Lipinski definition) is 10. The van der Waals surface area contributed by atoms with Crippen molar-refractivity contribution in [1.29, 1.82) is 0 Å². The van der Waals surface area contributed by atoms with Gasteiger partial charge in [-0.2, -0.15) is 9.50 Å². The number of carbonyl (C=O) groups is 1. The highest BCUT2D eigenvalue weighted by atomic mass is 32.2. The van der Waals surface area contributed by atoms with Crippen LogP contribution < -0.4 is 4.74 Å². The van der Waals surface area contributed by atoms with E-state index in [0.29, 0.717) is 36.5 Å². The number of nitrogens with zero attached hydrogens (tertiary/aromatic N) is 6. The molecule has 0 aromatic carbocycles. The fourth-order valence-corrected chi connectivity index (χ4v) is 4.16. The molecule has 12 heteroatoms. The topological polar surface area (TPSA) is 103 Å². The predicted octanol–water partition coefficient (Wildman–Crippen LogP) is 2.26. The van der Waals surface area contributed by atoms with E-state index in [4.69, 9.17) is 14.3 Å². The van der Waals surface area contributed by atoms with Gasteiger partial charge in [-0.15, -0.1) is 16.4 Å². The maximum absolute atomic E-state index is 12.5. The molecule has 0 radical (unpaired) electrons. The molecule has 1 amide bonds. The Bertz CT molecular complexity index is 1100. The molecule has 1 atom stereocenters. The molecular formula is C20H24N6O4S2. The van der Waals surface area contributed by atoms with Gasteiger partial charge in [-0.25, -0.2) is 4.98 Å². The first-order chi connectivity index (χ1) is 15.5. The van der Waals surface area contributed by atoms with E-state index in [-0.39, 0.29) is 25.2 Å². The van der Waals surface area contributed by atoms with Gasteiger partial charge >= 0.3 is 0 Å². The third kappa shape index (κ3) is 5.37. The van der Waals surface area contributed by atoms with Crippen molar-refractivity contribution in [3.63, 3.8) is 0 Å². The molecule has 3 aromatic heterocycles. The molecule has 0 saturated carbocycles. The zero-order chi connectivity index (χ0) is 22.5. The van der Waals surface area contributed by atoms with Crippen molar-refractivity contribution in [2.45, 2.75) is 25.1 Å². The normalized spacial score (nSPS) is 17.0. The Labute approximate surface area is 193 Å². The number of ether oxygens (including phenoxy) is 2. The molecule has 3 aromatic rings. The lowest BCUT2D eigenvalue weighted by Gasteiger charge is -2.32. The molecule has 1 saturated heterocycles. The molecule has 4 rings (SSSR count). The van der Waals surface area contributed by atoms with Crippen molar-refractivity contribution in [3.05, 3.63) is 34.2 Å². The molecule has 1 aliphatic heterocycles. The van der Waals surface area contributed by atoms with Crippen molar-refractivity contribution in [2.75, 3.05) is 39.2 Å². The summed E-state index contributed by atoms with van der Waals surface area (Å²) in [5.41, 5.74) is 1.53. The summed E-state index contributed by atoms with van der Waals surface area (Å²) in [5, 5.41) is 11.0. The van der Waals surface area contributed by atoms with E-state index in [2.05, 4.69) is 20.2 Å². The third-order valence-electron chi connectivity index (χ3n) is 4.75. The lowest BCUT2D eigenvalue weighted by Crippen LogP contribution is -2.48. The van der Waals surface area contributed by atoms with Gasteiger partial charge in [0.1, 0.15) is 12.7 Å². The maximum Gasteiger partial charge on any atom is 0.263 e. The molecular weight excluding hydrogens is 452 g/mol. The first-order valence-electron chi connectivity index (χ1n) is 10.0. The van der Waals surface area contributed by atoms with E-state index < -0.39 is 0 Å². The number of morpholine rings is 1. The molecule has 1 fully saturated rings. The number of thiophene rings is 1. The van der Waals surface area contributed by atoms with Gasteiger partial charge in [-0.05, 0) is 31.5 Å². The molecule has 10 nitrogen and oxygen atoms in total. The van der Waals surface area contributed by atoms with Crippen molar-refractivity contribution in [2.24, 2.45) is 5.16 Å². The molecule has 1 aliphatic rings. The number of aryl methyl sites for hydroxylation is 1. The third-order valence-corrected chi connectivity index (χ3v) is 6.26. The molecule has 0 aliphatic carbocycles. The number of aromatic nitrogens is 4. The van der Waals surface area contributed by atoms with Gasteiger partial charge < -0.3 is 19.2 Å². The summed E-state index contributed by atoms with van der Waals surface area (Å²) < 4.78 is 13.3. The van der Waals surface area contributed by atoms with E-state index in [1.807, 2.05) is 37.6 Å². The van der Waals surface area contributed by atoms with E-state index in [1.165, 1.54) is 11.8 Å². The Morgan fingerprint density at radius 2 is 2.31 bits per heavy atom. The molecule has 1 unspecified atom stereocenters. The van der Waals surface area contributed by atoms with Gasteiger partial charge in [0.2, 0.25) is 11.0 Å². The Kier molecular flexibility index (Phi) is 7.22. The van der Waals surface area contributed by atoms with Gasteiger partial charge in [0.15, 0.2) is 6.61 Å². The van der Waals surface area contributed by atoms with Crippen LogP contribution in [0.4, 0.5) is 0 Å². The van der Waals surface area contributed by atoms with Crippen LogP contribution in [0.25, 0.3) is 5.78 Å². The van der Waals surface area contributed by atoms with Crippen LogP contribution in [0.5, 0.6) is 5.88 Å². The van der Waals surface area contributed by atoms with Crippen molar-refractivity contribution in [1.82, 2.24) is 24.5 Å². The number of fused-ring (bicyclic) bond motifs is 1. The summed E-state index contributed by atoms with van der Waals surface area (Å²) >= 11 is 3.01. The van der Waals surface area contributed by atoms with Crippen molar-refractivity contribution < 1.29 is 19.1 Å². The average molecular weight is 477 g/mol. The number of hydrogen-bond donors (Lipinski definition) is 0. The molecule has 0 bridgehead atoms. The van der Waals surface area contributed by atoms with E-state index >= 15 is 0 Å². The minimum absolute atomic E-state index is 0.114. The van der Waals surface area contributed by atoms with Crippen LogP contribution in [-0.2, 0) is 14.4 Å². The number of thioether (sulfide) groups is 1. The van der Waals surface area contributed by atoms with Crippen LogP contribution >= 0.6 is 23.1 Å². The summed E-state index contributed by atoms with van der Waals surface area (Å²) in [7, 11) is 0. The number of amides is 1. The summed E-state index contributed by atoms with van der Waals surface area (Å²) in [4.78, 5) is 29.3. The van der Waals surface area contributed by atoms with Crippen LogP contribution in [0.1, 0.15) is 17.5 Å². The van der Waals surface area contributed by atoms with Gasteiger partial charge in [0.25, 0.3) is 11.7 Å². The second-order valence-corrected chi connectivity index (χ2v) is 8.84. The van der Waals surface area contributed by atoms with Crippen LogP contribution in [0.15, 0.2) is 33.9 Å². The van der Waals surface area contributed by atoms with Crippen LogP contribution in [0, 0.1) is 6.92 Å². The Hall–Kier alpha value is -2.70. The minimum atomic E-state index is -0.267. The standard InChI is InChI=1S/C20H24N6O4S2/c1-13-9-18(26-19(21-13)22-20(23-26)31-3)29-11-15-10-25(6-7-28-15)17(27)12-30-24-14(2)16-5-4-8-32-16/h4-5,8-9,15H,6-7,10-12H2,1-3H3. The van der Waals surface area contributed by atoms with Crippen molar-refractivity contribution >= 4 is 40.5 Å². The SMILES string of the molecule is CSc1nc2nc(C)cc(OCC3CN(C(=O)CON=C(C)c4cccs4)CCO3)n2n1. The first kappa shape index (κ1) is 22.5. The fraction of sp³-hybridized carbons (Fsp3) is 0.450. The second kappa shape index (κ2) is 10.3. The van der Waals surface area contributed by atoms with Gasteiger partial charge in [0.05, 0.1) is 23.7 Å². The Balaban J connectivity index is 1.31. The van der Waals surface area contributed by atoms with Gasteiger partial charge in [-0.3, -0.25) is 4.79 Å². The predicted molar refractivity (Wildman–Crippen MR) is 122 cm³/mol. The van der Waals surface area contributed by atoms with E-state index in [0.717, 1.165) is 16.3 Å². The quantitative estimate of drug-likeness (QED) is 0.277. The van der Waals surface area contributed by atoms with E-state index in [1.54, 1.807) is 26.8 Å². The van der Waals surface area contributed by atoms with Crippen LogP contribution in [0.3, 0.4) is 0 Å². The second-order valence-electron chi connectivity index (χ2n) is 7.12. The lowest BCUT2D eigenvalue weighted by molar-refractivity contribution is -0.144. The van der Waals surface area contributed by atoms with Crippen molar-refractivity contribution in [3.8, 4) is 5.88 Å². The number of carbonyl (C=O) groups excluding carboxylic acids is 1. The fourth-order valence-electron chi connectivity index (χ4n) is 3.15. The summed E-state index contributed by atoms with van der Waals surface area (Å²) in [6, 6.07) is 5.71. The summed E-state index contributed by atoms with van der Waals surface area (Å²) in [6.45, 7) is 5.24.